The van der Waals surface area contributed by atoms with Crippen molar-refractivity contribution in [2.75, 3.05) is 24.5 Å². The highest BCUT2D eigenvalue weighted by Crippen LogP contribution is 2.41. The van der Waals surface area contributed by atoms with Gasteiger partial charge in [0.1, 0.15) is 5.52 Å². The van der Waals surface area contributed by atoms with Gasteiger partial charge in [0.2, 0.25) is 5.95 Å². The molecule has 0 spiro atoms. The average Bonchev–Trinajstić information content (AvgIpc) is 3.39. The van der Waals surface area contributed by atoms with Crippen molar-refractivity contribution in [1.82, 2.24) is 14.5 Å². The van der Waals surface area contributed by atoms with Crippen molar-refractivity contribution in [3.05, 3.63) is 51.0 Å². The first kappa shape index (κ1) is 20.0. The third-order valence-electron chi connectivity index (χ3n) is 5.93. The summed E-state index contributed by atoms with van der Waals surface area (Å²) in [4.78, 5) is 13.9. The van der Waals surface area contributed by atoms with E-state index < -0.39 is 0 Å². The Bertz CT molecular complexity index is 1140. The standard InChI is InChI=1S/C22H22Cl3N5/c1-2-18(28-11-8-26-13-28)15-5-6-16(24)20-21(15)30-10-3-9-29(22(30)27-20)19-7-4-14(23)12-17(19)25/h4-7,12-13,18H,2-3,8-11H2,1H3. The summed E-state index contributed by atoms with van der Waals surface area (Å²) < 4.78 is 2.29. The van der Waals surface area contributed by atoms with Gasteiger partial charge in [0.15, 0.2) is 0 Å². The molecule has 0 N–H and O–H groups in total. The van der Waals surface area contributed by atoms with E-state index >= 15 is 0 Å². The maximum absolute atomic E-state index is 6.62. The third kappa shape index (κ3) is 3.24. The van der Waals surface area contributed by atoms with Crippen LogP contribution in [-0.4, -0.2) is 40.4 Å². The number of aromatic nitrogens is 2. The van der Waals surface area contributed by atoms with Gasteiger partial charge in [0.25, 0.3) is 0 Å². The molecule has 1 atom stereocenters. The second kappa shape index (κ2) is 7.95. The lowest BCUT2D eigenvalue weighted by Gasteiger charge is -2.31. The van der Waals surface area contributed by atoms with Gasteiger partial charge in [-0.2, -0.15) is 0 Å². The highest BCUT2D eigenvalue weighted by molar-refractivity contribution is 6.36. The van der Waals surface area contributed by atoms with Gasteiger partial charge in [-0.05, 0) is 37.1 Å². The summed E-state index contributed by atoms with van der Waals surface area (Å²) in [5.74, 6) is 0.875. The molecule has 2 aliphatic heterocycles. The van der Waals surface area contributed by atoms with Gasteiger partial charge in [-0.3, -0.25) is 4.99 Å². The van der Waals surface area contributed by atoms with Crippen LogP contribution in [0.15, 0.2) is 35.3 Å². The van der Waals surface area contributed by atoms with Crippen molar-refractivity contribution in [2.45, 2.75) is 32.4 Å². The Labute approximate surface area is 190 Å². The number of aliphatic imine (C=N–C) groups is 1. The van der Waals surface area contributed by atoms with Crippen molar-refractivity contribution in [3.8, 4) is 0 Å². The second-order valence-electron chi connectivity index (χ2n) is 7.68. The zero-order valence-electron chi connectivity index (χ0n) is 16.7. The van der Waals surface area contributed by atoms with Crippen molar-refractivity contribution >= 4 is 63.8 Å². The van der Waals surface area contributed by atoms with Crippen LogP contribution in [0.1, 0.15) is 31.4 Å². The number of imidazole rings is 1. The molecule has 0 amide bonds. The van der Waals surface area contributed by atoms with E-state index in [2.05, 4.69) is 32.3 Å². The topological polar surface area (TPSA) is 36.7 Å². The molecule has 2 aromatic carbocycles. The lowest BCUT2D eigenvalue weighted by Crippen LogP contribution is -2.29. The first-order chi connectivity index (χ1) is 14.6. The first-order valence-corrected chi connectivity index (χ1v) is 11.4. The van der Waals surface area contributed by atoms with E-state index in [1.54, 1.807) is 6.07 Å². The Morgan fingerprint density at radius 2 is 1.90 bits per heavy atom. The van der Waals surface area contributed by atoms with Gasteiger partial charge < -0.3 is 14.4 Å². The number of aryl methyl sites for hydroxylation is 1. The number of hydrogen-bond acceptors (Lipinski definition) is 4. The van der Waals surface area contributed by atoms with Gasteiger partial charge >= 0.3 is 0 Å². The number of anilines is 2. The minimum absolute atomic E-state index is 0.242. The monoisotopic (exact) mass is 461 g/mol. The predicted octanol–water partition coefficient (Wildman–Crippen LogP) is 6.33. The smallest absolute Gasteiger partial charge is 0.211 e. The average molecular weight is 463 g/mol. The third-order valence-corrected chi connectivity index (χ3v) is 6.77. The van der Waals surface area contributed by atoms with Gasteiger partial charge in [0.05, 0.1) is 40.2 Å². The number of fused-ring (bicyclic) bond motifs is 3. The zero-order valence-corrected chi connectivity index (χ0v) is 18.9. The van der Waals surface area contributed by atoms with Crippen molar-refractivity contribution < 1.29 is 0 Å². The SMILES string of the molecule is CCC(c1ccc(Cl)c2nc3n(c12)CCCN3c1ccc(Cl)cc1Cl)N1C=NCC1. The molecule has 0 bridgehead atoms. The van der Waals surface area contributed by atoms with Gasteiger partial charge in [0, 0.05) is 30.2 Å². The van der Waals surface area contributed by atoms with E-state index in [-0.39, 0.29) is 6.04 Å². The van der Waals surface area contributed by atoms with Crippen molar-refractivity contribution in [2.24, 2.45) is 4.99 Å². The molecule has 3 heterocycles. The summed E-state index contributed by atoms with van der Waals surface area (Å²) in [5.41, 5.74) is 4.11. The molecule has 1 unspecified atom stereocenters. The Balaban J connectivity index is 1.69. The fourth-order valence-electron chi connectivity index (χ4n) is 4.59. The molecule has 2 aliphatic rings. The summed E-state index contributed by atoms with van der Waals surface area (Å²) >= 11 is 19.3. The molecular formula is C22H22Cl3N5. The predicted molar refractivity (Wildman–Crippen MR) is 126 cm³/mol. The van der Waals surface area contributed by atoms with Gasteiger partial charge in [-0.1, -0.05) is 47.8 Å². The maximum atomic E-state index is 6.62. The van der Waals surface area contributed by atoms with Crippen LogP contribution in [0.25, 0.3) is 11.0 Å². The minimum Gasteiger partial charge on any atom is -0.354 e. The fourth-order valence-corrected chi connectivity index (χ4v) is 5.29. The van der Waals surface area contributed by atoms with Crippen LogP contribution < -0.4 is 4.90 Å². The maximum Gasteiger partial charge on any atom is 0.211 e. The highest BCUT2D eigenvalue weighted by Gasteiger charge is 2.29. The van der Waals surface area contributed by atoms with E-state index in [4.69, 9.17) is 39.8 Å². The molecule has 0 saturated heterocycles. The molecule has 3 aromatic rings. The van der Waals surface area contributed by atoms with Crippen LogP contribution in [0.5, 0.6) is 0 Å². The largest absolute Gasteiger partial charge is 0.354 e. The van der Waals surface area contributed by atoms with Crippen LogP contribution in [0.4, 0.5) is 11.6 Å². The van der Waals surface area contributed by atoms with Crippen LogP contribution in [0.3, 0.4) is 0 Å². The minimum atomic E-state index is 0.242. The Hall–Kier alpha value is -1.95. The molecule has 5 nitrogen and oxygen atoms in total. The second-order valence-corrected chi connectivity index (χ2v) is 8.93. The van der Waals surface area contributed by atoms with Crippen LogP contribution in [-0.2, 0) is 6.54 Å². The normalized spacial score (nSPS) is 17.1. The summed E-state index contributed by atoms with van der Waals surface area (Å²) in [6.07, 6.45) is 3.95. The summed E-state index contributed by atoms with van der Waals surface area (Å²) in [5, 5.41) is 1.91. The van der Waals surface area contributed by atoms with E-state index in [1.165, 1.54) is 5.56 Å². The molecular weight excluding hydrogens is 441 g/mol. The van der Waals surface area contributed by atoms with Crippen molar-refractivity contribution in [1.29, 1.82) is 0 Å². The van der Waals surface area contributed by atoms with E-state index in [0.29, 0.717) is 15.1 Å². The zero-order chi connectivity index (χ0) is 20.8. The Morgan fingerprint density at radius 1 is 1.03 bits per heavy atom. The molecule has 0 saturated carbocycles. The van der Waals surface area contributed by atoms with Crippen LogP contribution in [0, 0.1) is 0 Å². The van der Waals surface area contributed by atoms with Crippen LogP contribution >= 0.6 is 34.8 Å². The highest BCUT2D eigenvalue weighted by atomic mass is 35.5. The fraction of sp³-hybridized carbons (Fsp3) is 0.364. The van der Waals surface area contributed by atoms with Crippen molar-refractivity contribution in [3.63, 3.8) is 0 Å². The number of benzene rings is 2. The number of nitrogens with zero attached hydrogens (tertiary/aromatic N) is 5. The molecule has 0 fully saturated rings. The molecule has 1 aromatic heterocycles. The van der Waals surface area contributed by atoms with Gasteiger partial charge in [-0.25, -0.2) is 4.98 Å². The van der Waals surface area contributed by atoms with Crippen LogP contribution in [0.2, 0.25) is 15.1 Å². The Kier molecular flexibility index (Phi) is 5.30. The molecule has 156 valence electrons. The lowest BCUT2D eigenvalue weighted by molar-refractivity contribution is 0.343. The molecule has 0 radical (unpaired) electrons. The summed E-state index contributed by atoms with van der Waals surface area (Å²) in [6.45, 7) is 5.74. The Morgan fingerprint density at radius 3 is 2.63 bits per heavy atom. The number of rotatable bonds is 4. The van der Waals surface area contributed by atoms with E-state index in [9.17, 15) is 0 Å². The summed E-state index contributed by atoms with van der Waals surface area (Å²) in [7, 11) is 0. The first-order valence-electron chi connectivity index (χ1n) is 10.3. The van der Waals surface area contributed by atoms with E-state index in [1.807, 2.05) is 24.5 Å². The number of halogens is 3. The lowest BCUT2D eigenvalue weighted by atomic mass is 10.0. The molecule has 8 heteroatoms. The van der Waals surface area contributed by atoms with Gasteiger partial charge in [-0.15, -0.1) is 0 Å². The van der Waals surface area contributed by atoms with E-state index in [0.717, 1.165) is 61.7 Å². The quantitative estimate of drug-likeness (QED) is 0.454. The molecule has 5 rings (SSSR count). The number of hydrogen-bond donors (Lipinski definition) is 0. The molecule has 30 heavy (non-hydrogen) atoms. The molecule has 0 aliphatic carbocycles. The summed E-state index contributed by atoms with van der Waals surface area (Å²) in [6, 6.07) is 9.95.